The number of hydrogen-bond donors (Lipinski definition) is 2. The molecule has 8 heteroatoms. The summed E-state index contributed by atoms with van der Waals surface area (Å²) in [5, 5.41) is 8.14. The molecule has 3 rings (SSSR count). The minimum Gasteiger partial charge on any atom is -0.496 e. The summed E-state index contributed by atoms with van der Waals surface area (Å²) in [7, 11) is 1.57. The van der Waals surface area contributed by atoms with Crippen molar-refractivity contribution in [2.75, 3.05) is 24.4 Å². The van der Waals surface area contributed by atoms with Gasteiger partial charge in [0, 0.05) is 27.2 Å². The SMILES string of the molecule is CCOC(=O)c1c(-c2cc(C)ccc2OC)csc1NC(=O)Nc1cccc(Cl)c1. The fourth-order valence-electron chi connectivity index (χ4n) is 2.92. The van der Waals surface area contributed by atoms with Gasteiger partial charge in [0.2, 0.25) is 0 Å². The van der Waals surface area contributed by atoms with Crippen LogP contribution < -0.4 is 15.4 Å². The molecular formula is C22H21ClN2O4S. The second-order valence-electron chi connectivity index (χ2n) is 6.37. The predicted octanol–water partition coefficient (Wildman–Crippen LogP) is 6.21. The molecule has 1 aromatic heterocycles. The van der Waals surface area contributed by atoms with E-state index >= 15 is 0 Å². The van der Waals surface area contributed by atoms with Crippen molar-refractivity contribution in [3.8, 4) is 16.9 Å². The van der Waals surface area contributed by atoms with Crippen LogP contribution in [0.15, 0.2) is 47.8 Å². The summed E-state index contributed by atoms with van der Waals surface area (Å²) in [6.07, 6.45) is 0. The average molecular weight is 445 g/mol. The van der Waals surface area contributed by atoms with Gasteiger partial charge in [0.05, 0.1) is 13.7 Å². The lowest BCUT2D eigenvalue weighted by Gasteiger charge is -2.12. The van der Waals surface area contributed by atoms with Crippen LogP contribution in [-0.2, 0) is 4.74 Å². The third kappa shape index (κ3) is 4.93. The molecule has 2 amide bonds. The van der Waals surface area contributed by atoms with Crippen LogP contribution in [0.4, 0.5) is 15.5 Å². The average Bonchev–Trinajstić information content (AvgIpc) is 3.11. The second kappa shape index (κ2) is 9.65. The number of halogens is 1. The molecule has 0 spiro atoms. The number of carbonyl (C=O) groups is 2. The fraction of sp³-hybridized carbons (Fsp3) is 0.182. The highest BCUT2D eigenvalue weighted by atomic mass is 35.5. The summed E-state index contributed by atoms with van der Waals surface area (Å²) >= 11 is 7.20. The molecule has 1 heterocycles. The zero-order valence-corrected chi connectivity index (χ0v) is 18.3. The van der Waals surface area contributed by atoms with Gasteiger partial charge in [-0.1, -0.05) is 29.3 Å². The lowest BCUT2D eigenvalue weighted by atomic mass is 10.0. The summed E-state index contributed by atoms with van der Waals surface area (Å²) in [5.41, 5.74) is 3.22. The van der Waals surface area contributed by atoms with E-state index in [-0.39, 0.29) is 12.2 Å². The molecule has 156 valence electrons. The maximum absolute atomic E-state index is 12.7. The van der Waals surface area contributed by atoms with Gasteiger partial charge < -0.3 is 14.8 Å². The molecule has 0 bridgehead atoms. The van der Waals surface area contributed by atoms with Gasteiger partial charge in [-0.3, -0.25) is 5.32 Å². The largest absolute Gasteiger partial charge is 0.496 e. The highest BCUT2D eigenvalue weighted by molar-refractivity contribution is 7.15. The summed E-state index contributed by atoms with van der Waals surface area (Å²) in [6.45, 7) is 3.90. The first-order chi connectivity index (χ1) is 14.4. The third-order valence-electron chi connectivity index (χ3n) is 4.23. The molecule has 0 atom stereocenters. The number of methoxy groups -OCH3 is 1. The van der Waals surface area contributed by atoms with E-state index in [0.29, 0.717) is 27.0 Å². The van der Waals surface area contributed by atoms with Gasteiger partial charge in [0.15, 0.2) is 0 Å². The van der Waals surface area contributed by atoms with Crippen molar-refractivity contribution in [3.05, 3.63) is 64.0 Å². The number of rotatable bonds is 6. The lowest BCUT2D eigenvalue weighted by molar-refractivity contribution is 0.0529. The highest BCUT2D eigenvalue weighted by Gasteiger charge is 2.24. The van der Waals surface area contributed by atoms with Crippen molar-refractivity contribution in [2.45, 2.75) is 13.8 Å². The number of urea groups is 1. The maximum atomic E-state index is 12.7. The molecule has 0 fully saturated rings. The summed E-state index contributed by atoms with van der Waals surface area (Å²) < 4.78 is 10.7. The Morgan fingerprint density at radius 1 is 1.10 bits per heavy atom. The lowest BCUT2D eigenvalue weighted by Crippen LogP contribution is -2.20. The first-order valence-corrected chi connectivity index (χ1v) is 10.5. The predicted molar refractivity (Wildman–Crippen MR) is 121 cm³/mol. The number of aryl methyl sites for hydroxylation is 1. The molecule has 0 aliphatic heterocycles. The summed E-state index contributed by atoms with van der Waals surface area (Å²) in [6, 6.07) is 12.0. The van der Waals surface area contributed by atoms with E-state index in [0.717, 1.165) is 11.1 Å². The van der Waals surface area contributed by atoms with Crippen LogP contribution in [0.2, 0.25) is 5.02 Å². The number of amides is 2. The molecule has 2 aromatic carbocycles. The van der Waals surface area contributed by atoms with Gasteiger partial charge in [-0.25, -0.2) is 9.59 Å². The molecule has 0 aliphatic carbocycles. The maximum Gasteiger partial charge on any atom is 0.341 e. The van der Waals surface area contributed by atoms with Crippen LogP contribution in [0.5, 0.6) is 5.75 Å². The van der Waals surface area contributed by atoms with Crippen LogP contribution in [0.25, 0.3) is 11.1 Å². The van der Waals surface area contributed by atoms with Gasteiger partial charge in [0.25, 0.3) is 0 Å². The number of esters is 1. The Morgan fingerprint density at radius 2 is 1.90 bits per heavy atom. The smallest absolute Gasteiger partial charge is 0.341 e. The Kier molecular flexibility index (Phi) is 6.97. The van der Waals surface area contributed by atoms with Crippen molar-refractivity contribution < 1.29 is 19.1 Å². The number of hydrogen-bond acceptors (Lipinski definition) is 5. The molecule has 30 heavy (non-hydrogen) atoms. The number of nitrogens with one attached hydrogen (secondary N) is 2. The van der Waals surface area contributed by atoms with Crippen molar-refractivity contribution >= 4 is 45.6 Å². The van der Waals surface area contributed by atoms with Gasteiger partial charge in [-0.2, -0.15) is 0 Å². The standard InChI is InChI=1S/C22H21ClN2O4S/c1-4-29-21(26)19-17(16-10-13(2)8-9-18(16)28-3)12-30-20(19)25-22(27)24-15-7-5-6-14(23)11-15/h5-12H,4H2,1-3H3,(H2,24,25,27). The van der Waals surface area contributed by atoms with Gasteiger partial charge in [0.1, 0.15) is 16.3 Å². The number of anilines is 2. The Balaban J connectivity index is 1.96. The first kappa shape index (κ1) is 21.7. The minimum atomic E-state index is -0.518. The molecule has 0 unspecified atom stereocenters. The van der Waals surface area contributed by atoms with Crippen molar-refractivity contribution in [2.24, 2.45) is 0 Å². The molecule has 0 saturated carbocycles. The Morgan fingerprint density at radius 3 is 2.60 bits per heavy atom. The van der Waals surface area contributed by atoms with E-state index in [1.807, 2.05) is 25.1 Å². The van der Waals surface area contributed by atoms with Crippen LogP contribution in [-0.4, -0.2) is 25.7 Å². The second-order valence-corrected chi connectivity index (χ2v) is 7.68. The first-order valence-electron chi connectivity index (χ1n) is 9.20. The summed E-state index contributed by atoms with van der Waals surface area (Å²) in [5.74, 6) is 0.106. The molecule has 3 aromatic rings. The van der Waals surface area contributed by atoms with Crippen molar-refractivity contribution in [3.63, 3.8) is 0 Å². The van der Waals surface area contributed by atoms with E-state index in [2.05, 4.69) is 10.6 Å². The third-order valence-corrected chi connectivity index (χ3v) is 5.36. The fourth-order valence-corrected chi connectivity index (χ4v) is 4.05. The van der Waals surface area contributed by atoms with Crippen molar-refractivity contribution in [1.29, 1.82) is 0 Å². The van der Waals surface area contributed by atoms with Crippen LogP contribution in [0.1, 0.15) is 22.8 Å². The Hall–Kier alpha value is -3.03. The number of thiophene rings is 1. The molecule has 6 nitrogen and oxygen atoms in total. The Bertz CT molecular complexity index is 1080. The molecule has 0 aliphatic rings. The van der Waals surface area contributed by atoms with Crippen LogP contribution in [0, 0.1) is 6.92 Å². The normalized spacial score (nSPS) is 10.4. The Labute approximate surface area is 183 Å². The van der Waals surface area contributed by atoms with E-state index in [1.54, 1.807) is 43.7 Å². The minimum absolute atomic E-state index is 0.215. The zero-order valence-electron chi connectivity index (χ0n) is 16.7. The van der Waals surface area contributed by atoms with E-state index in [9.17, 15) is 9.59 Å². The topological polar surface area (TPSA) is 76.7 Å². The van der Waals surface area contributed by atoms with Gasteiger partial charge in [-0.15, -0.1) is 11.3 Å². The molecule has 2 N–H and O–H groups in total. The van der Waals surface area contributed by atoms with E-state index < -0.39 is 12.0 Å². The number of ether oxygens (including phenoxy) is 2. The van der Waals surface area contributed by atoms with Gasteiger partial charge in [-0.05, 0) is 44.2 Å². The zero-order chi connectivity index (χ0) is 21.7. The summed E-state index contributed by atoms with van der Waals surface area (Å²) in [4.78, 5) is 25.3. The van der Waals surface area contributed by atoms with Crippen LogP contribution in [0.3, 0.4) is 0 Å². The number of benzene rings is 2. The monoisotopic (exact) mass is 444 g/mol. The molecular weight excluding hydrogens is 424 g/mol. The quantitative estimate of drug-likeness (QED) is 0.443. The van der Waals surface area contributed by atoms with E-state index in [1.165, 1.54) is 11.3 Å². The van der Waals surface area contributed by atoms with E-state index in [4.69, 9.17) is 21.1 Å². The van der Waals surface area contributed by atoms with Gasteiger partial charge >= 0.3 is 12.0 Å². The number of carbonyl (C=O) groups excluding carboxylic acids is 2. The molecule has 0 saturated heterocycles. The van der Waals surface area contributed by atoms with Crippen molar-refractivity contribution in [1.82, 2.24) is 0 Å². The highest BCUT2D eigenvalue weighted by Crippen LogP contribution is 2.40. The van der Waals surface area contributed by atoms with Crippen LogP contribution >= 0.6 is 22.9 Å². The molecule has 0 radical (unpaired) electrons.